The van der Waals surface area contributed by atoms with Crippen LogP contribution in [0.4, 0.5) is 5.82 Å². The van der Waals surface area contributed by atoms with E-state index in [1.807, 2.05) is 0 Å². The third-order valence-corrected chi connectivity index (χ3v) is 7.89. The van der Waals surface area contributed by atoms with Gasteiger partial charge in [0.05, 0.1) is 18.2 Å². The van der Waals surface area contributed by atoms with Gasteiger partial charge in [0.2, 0.25) is 0 Å². The minimum Gasteiger partial charge on any atom is -0.462 e. The van der Waals surface area contributed by atoms with Crippen molar-refractivity contribution in [1.82, 2.24) is 25.1 Å². The number of ether oxygens (including phenoxy) is 1. The Morgan fingerprint density at radius 1 is 1.20 bits per heavy atom. The van der Waals surface area contributed by atoms with Gasteiger partial charge >= 0.3 is 6.01 Å². The highest BCUT2D eigenvalue weighted by atomic mass is 16.5. The topological polar surface area (TPSA) is 80.6 Å². The Balaban J connectivity index is 1.39. The van der Waals surface area contributed by atoms with Crippen LogP contribution < -0.4 is 15.0 Å². The molecule has 0 aliphatic carbocycles. The lowest BCUT2D eigenvalue weighted by atomic mass is 10.0. The smallest absolute Gasteiger partial charge is 0.318 e. The van der Waals surface area contributed by atoms with Crippen LogP contribution in [-0.2, 0) is 19.6 Å². The quantitative estimate of drug-likeness (QED) is 0.655. The number of anilines is 1. The molecular formula is C27H37N7O. The van der Waals surface area contributed by atoms with E-state index in [4.69, 9.17) is 14.7 Å². The molecule has 1 aromatic heterocycles. The van der Waals surface area contributed by atoms with Gasteiger partial charge in [-0.05, 0) is 57.0 Å². The Labute approximate surface area is 208 Å². The predicted octanol–water partition coefficient (Wildman–Crippen LogP) is 2.77. The Bertz CT molecular complexity index is 1100. The fourth-order valence-corrected chi connectivity index (χ4v) is 5.57. The lowest BCUT2D eigenvalue weighted by Gasteiger charge is -2.34. The van der Waals surface area contributed by atoms with Crippen LogP contribution in [0.2, 0.25) is 0 Å². The number of fused-ring (bicyclic) bond motifs is 1. The first-order valence-corrected chi connectivity index (χ1v) is 12.9. The first-order valence-electron chi connectivity index (χ1n) is 12.9. The van der Waals surface area contributed by atoms with Gasteiger partial charge < -0.3 is 19.9 Å². The molecule has 2 atom stereocenters. The number of aryl methyl sites for hydroxylation is 1. The van der Waals surface area contributed by atoms with E-state index >= 15 is 0 Å². The standard InChI is InChI=1S/C27H37N7O/c1-19-6-4-7-21(20(19)2)14-33-16-24-25(17-33)30-27(35-18-23-8-5-12-32(23)3)31-26(24)34-13-11-29-22(15-34)9-10-28/h4,6-7,22-23,29H,5,8-9,11-18H2,1-3H3. The normalized spacial score (nSPS) is 22.9. The summed E-state index contributed by atoms with van der Waals surface area (Å²) in [5.41, 5.74) is 6.34. The summed E-state index contributed by atoms with van der Waals surface area (Å²) in [7, 11) is 2.16. The third-order valence-electron chi connectivity index (χ3n) is 7.89. The minimum absolute atomic E-state index is 0.156. The molecule has 1 aromatic carbocycles. The fourth-order valence-electron chi connectivity index (χ4n) is 5.57. The summed E-state index contributed by atoms with van der Waals surface area (Å²) in [5, 5.41) is 12.7. The lowest BCUT2D eigenvalue weighted by molar-refractivity contribution is 0.187. The highest BCUT2D eigenvalue weighted by Crippen LogP contribution is 2.33. The predicted molar refractivity (Wildman–Crippen MR) is 136 cm³/mol. The van der Waals surface area contributed by atoms with Crippen LogP contribution in [0.5, 0.6) is 6.01 Å². The van der Waals surface area contributed by atoms with Crippen molar-refractivity contribution in [2.75, 3.05) is 44.7 Å². The monoisotopic (exact) mass is 475 g/mol. The summed E-state index contributed by atoms with van der Waals surface area (Å²) in [4.78, 5) is 17.0. The third kappa shape index (κ3) is 5.27. The number of nitrogens with one attached hydrogen (secondary N) is 1. The number of nitriles is 1. The number of hydrogen-bond acceptors (Lipinski definition) is 8. The molecule has 2 aromatic rings. The lowest BCUT2D eigenvalue weighted by Crippen LogP contribution is -2.51. The van der Waals surface area contributed by atoms with Gasteiger partial charge in [-0.2, -0.15) is 15.2 Å². The first kappa shape index (κ1) is 24.0. The molecule has 0 saturated carbocycles. The molecule has 0 radical (unpaired) electrons. The molecule has 0 amide bonds. The Hall–Kier alpha value is -2.73. The van der Waals surface area contributed by atoms with Gasteiger partial charge in [0.15, 0.2) is 0 Å². The average molecular weight is 476 g/mol. The number of benzene rings is 1. The number of rotatable bonds is 7. The highest BCUT2D eigenvalue weighted by molar-refractivity contribution is 5.52. The van der Waals surface area contributed by atoms with Crippen LogP contribution in [0, 0.1) is 25.2 Å². The maximum Gasteiger partial charge on any atom is 0.318 e. The van der Waals surface area contributed by atoms with Crippen LogP contribution in [0.1, 0.15) is 47.2 Å². The van der Waals surface area contributed by atoms with Gasteiger partial charge in [-0.25, -0.2) is 0 Å². The molecule has 2 fully saturated rings. The molecule has 35 heavy (non-hydrogen) atoms. The van der Waals surface area contributed by atoms with Crippen LogP contribution in [0.3, 0.4) is 0 Å². The molecule has 1 N–H and O–H groups in total. The van der Waals surface area contributed by atoms with Crippen molar-refractivity contribution < 1.29 is 4.74 Å². The van der Waals surface area contributed by atoms with Crippen LogP contribution in [0.15, 0.2) is 18.2 Å². The van der Waals surface area contributed by atoms with Gasteiger partial charge in [0, 0.05) is 56.9 Å². The number of aromatic nitrogens is 2. The Kier molecular flexibility index (Phi) is 7.19. The van der Waals surface area contributed by atoms with Crippen molar-refractivity contribution in [1.29, 1.82) is 5.26 Å². The van der Waals surface area contributed by atoms with E-state index in [-0.39, 0.29) is 6.04 Å². The zero-order chi connectivity index (χ0) is 24.4. The van der Waals surface area contributed by atoms with E-state index in [2.05, 4.69) is 65.2 Å². The maximum absolute atomic E-state index is 9.22. The van der Waals surface area contributed by atoms with E-state index in [1.165, 1.54) is 28.7 Å². The van der Waals surface area contributed by atoms with Crippen molar-refractivity contribution in [3.05, 3.63) is 46.1 Å². The summed E-state index contributed by atoms with van der Waals surface area (Å²) >= 11 is 0. The molecule has 5 rings (SSSR count). The number of nitrogens with zero attached hydrogens (tertiary/aromatic N) is 6. The number of hydrogen-bond donors (Lipinski definition) is 1. The van der Waals surface area contributed by atoms with Crippen molar-refractivity contribution in [2.45, 2.75) is 64.8 Å². The van der Waals surface area contributed by atoms with E-state index in [0.29, 0.717) is 25.1 Å². The largest absolute Gasteiger partial charge is 0.462 e. The van der Waals surface area contributed by atoms with Crippen LogP contribution >= 0.6 is 0 Å². The van der Waals surface area contributed by atoms with Gasteiger partial charge in [0.25, 0.3) is 0 Å². The molecule has 0 bridgehead atoms. The minimum atomic E-state index is 0.156. The van der Waals surface area contributed by atoms with Crippen molar-refractivity contribution in [3.8, 4) is 12.1 Å². The highest BCUT2D eigenvalue weighted by Gasteiger charge is 2.31. The molecule has 3 aliphatic heterocycles. The molecule has 2 unspecified atom stereocenters. The number of likely N-dealkylation sites (N-methyl/N-ethyl adjacent to an activating group) is 1. The molecule has 8 nitrogen and oxygen atoms in total. The zero-order valence-corrected chi connectivity index (χ0v) is 21.3. The molecule has 3 aliphatic rings. The number of piperazine rings is 1. The van der Waals surface area contributed by atoms with Gasteiger partial charge in [-0.3, -0.25) is 4.90 Å². The van der Waals surface area contributed by atoms with E-state index in [0.717, 1.165) is 63.7 Å². The summed E-state index contributed by atoms with van der Waals surface area (Å²) < 4.78 is 6.20. The number of likely N-dealkylation sites (tertiary alicyclic amines) is 1. The van der Waals surface area contributed by atoms with Crippen LogP contribution in [0.25, 0.3) is 0 Å². The molecule has 4 heterocycles. The Morgan fingerprint density at radius 3 is 2.89 bits per heavy atom. The van der Waals surface area contributed by atoms with E-state index in [1.54, 1.807) is 0 Å². The molecule has 186 valence electrons. The summed E-state index contributed by atoms with van der Waals surface area (Å²) in [6.07, 6.45) is 2.88. The van der Waals surface area contributed by atoms with Crippen molar-refractivity contribution in [3.63, 3.8) is 0 Å². The van der Waals surface area contributed by atoms with Crippen LogP contribution in [-0.4, -0.2) is 71.7 Å². The molecular weight excluding hydrogens is 438 g/mol. The van der Waals surface area contributed by atoms with Gasteiger partial charge in [0.1, 0.15) is 12.4 Å². The SMILES string of the molecule is Cc1cccc(CN2Cc3nc(OCC4CCCN4C)nc(N4CCNC(CC#N)C4)c3C2)c1C. The summed E-state index contributed by atoms with van der Waals surface area (Å²) in [6, 6.07) is 9.94. The molecule has 0 spiro atoms. The maximum atomic E-state index is 9.22. The second-order valence-corrected chi connectivity index (χ2v) is 10.3. The summed E-state index contributed by atoms with van der Waals surface area (Å²) in [5.74, 6) is 0.984. The first-order chi connectivity index (χ1) is 17.0. The second kappa shape index (κ2) is 10.5. The average Bonchev–Trinajstić information content (AvgIpc) is 3.45. The van der Waals surface area contributed by atoms with E-state index in [9.17, 15) is 5.26 Å². The van der Waals surface area contributed by atoms with Crippen molar-refractivity contribution in [2.24, 2.45) is 0 Å². The van der Waals surface area contributed by atoms with Crippen molar-refractivity contribution >= 4 is 5.82 Å². The van der Waals surface area contributed by atoms with Gasteiger partial charge in [-0.15, -0.1) is 0 Å². The second-order valence-electron chi connectivity index (χ2n) is 10.3. The summed E-state index contributed by atoms with van der Waals surface area (Å²) in [6.45, 7) is 11.1. The Morgan fingerprint density at radius 2 is 2.09 bits per heavy atom. The fraction of sp³-hybridized carbons (Fsp3) is 0.593. The molecule has 8 heteroatoms. The molecule has 2 saturated heterocycles. The van der Waals surface area contributed by atoms with E-state index < -0.39 is 0 Å². The van der Waals surface area contributed by atoms with Gasteiger partial charge in [-0.1, -0.05) is 18.2 Å². The zero-order valence-electron chi connectivity index (χ0n) is 21.3.